The molecule has 3 rings (SSSR count). The quantitative estimate of drug-likeness (QED) is 0.713. The zero-order valence-corrected chi connectivity index (χ0v) is 17.0. The van der Waals surface area contributed by atoms with E-state index in [0.29, 0.717) is 17.7 Å². The van der Waals surface area contributed by atoms with Crippen LogP contribution in [0.5, 0.6) is 0 Å². The van der Waals surface area contributed by atoms with Crippen molar-refractivity contribution < 1.29 is 13.2 Å². The van der Waals surface area contributed by atoms with E-state index in [4.69, 9.17) is 0 Å². The Hall–Kier alpha value is -3.00. The normalized spacial score (nSPS) is 11.4. The van der Waals surface area contributed by atoms with E-state index in [0.717, 1.165) is 16.7 Å². The second-order valence-corrected chi connectivity index (χ2v) is 8.43. The molecule has 28 heavy (non-hydrogen) atoms. The number of aromatic nitrogens is 3. The third kappa shape index (κ3) is 3.96. The van der Waals surface area contributed by atoms with Gasteiger partial charge in [0.1, 0.15) is 12.7 Å². The Labute approximate surface area is 164 Å². The van der Waals surface area contributed by atoms with Crippen molar-refractivity contribution >= 4 is 15.9 Å². The van der Waals surface area contributed by atoms with Crippen molar-refractivity contribution in [2.75, 3.05) is 0 Å². The van der Waals surface area contributed by atoms with E-state index in [2.05, 4.69) is 14.8 Å². The first kappa shape index (κ1) is 19.8. The molecule has 3 aromatic rings. The Kier molecular flexibility index (Phi) is 5.33. The summed E-state index contributed by atoms with van der Waals surface area (Å²) in [7, 11) is -3.99. The molecule has 0 atom stereocenters. The highest BCUT2D eigenvalue weighted by molar-refractivity contribution is 7.90. The lowest BCUT2D eigenvalue weighted by Crippen LogP contribution is -2.32. The molecule has 7 nitrogen and oxygen atoms in total. The summed E-state index contributed by atoms with van der Waals surface area (Å²) >= 11 is 0. The number of amides is 1. The molecule has 1 amide bonds. The number of benzene rings is 2. The lowest BCUT2D eigenvalue weighted by Gasteiger charge is -2.16. The van der Waals surface area contributed by atoms with Crippen molar-refractivity contribution in [3.05, 3.63) is 76.4 Å². The van der Waals surface area contributed by atoms with Crippen LogP contribution in [0.3, 0.4) is 0 Å². The first-order valence-corrected chi connectivity index (χ1v) is 10.2. The van der Waals surface area contributed by atoms with Crippen molar-refractivity contribution in [2.45, 2.75) is 39.1 Å². The van der Waals surface area contributed by atoms with E-state index >= 15 is 0 Å². The number of aryl methyl sites for hydroxylation is 2. The number of carbonyl (C=O) groups excluding carboxylic acids is 1. The van der Waals surface area contributed by atoms with Crippen LogP contribution in [0.1, 0.15) is 38.2 Å². The molecule has 1 heterocycles. The number of hydrogen-bond donors (Lipinski definition) is 1. The SMILES string of the molecule is Cc1cc(C)c(C)c(S(=O)(=O)NC(=O)c2ccc(Cn3cncn3)cc2)c1C. The number of sulfonamides is 1. The van der Waals surface area contributed by atoms with Crippen LogP contribution in [-0.2, 0) is 16.6 Å². The molecule has 0 aliphatic heterocycles. The van der Waals surface area contributed by atoms with Crippen LogP contribution in [0.4, 0.5) is 0 Å². The van der Waals surface area contributed by atoms with Crippen LogP contribution in [0.25, 0.3) is 0 Å². The van der Waals surface area contributed by atoms with Gasteiger partial charge >= 0.3 is 0 Å². The second kappa shape index (κ2) is 7.55. The number of carbonyl (C=O) groups is 1. The van der Waals surface area contributed by atoms with Gasteiger partial charge in [-0.2, -0.15) is 5.10 Å². The van der Waals surface area contributed by atoms with Crippen LogP contribution in [0.15, 0.2) is 47.9 Å². The maximum atomic E-state index is 12.9. The van der Waals surface area contributed by atoms with Gasteiger partial charge in [0.25, 0.3) is 15.9 Å². The summed E-state index contributed by atoms with van der Waals surface area (Å²) in [5.74, 6) is -0.662. The zero-order chi connectivity index (χ0) is 20.5. The lowest BCUT2D eigenvalue weighted by atomic mass is 10.0. The summed E-state index contributed by atoms with van der Waals surface area (Å²) in [6, 6.07) is 8.66. The van der Waals surface area contributed by atoms with Gasteiger partial charge in [-0.1, -0.05) is 18.2 Å². The topological polar surface area (TPSA) is 94.0 Å². The molecular weight excluding hydrogens is 376 g/mol. The predicted octanol–water partition coefficient (Wildman–Crippen LogP) is 2.68. The molecule has 1 N–H and O–H groups in total. The number of nitrogens with zero attached hydrogens (tertiary/aromatic N) is 3. The minimum Gasteiger partial charge on any atom is -0.268 e. The van der Waals surface area contributed by atoms with Crippen molar-refractivity contribution in [3.8, 4) is 0 Å². The Morgan fingerprint density at radius 1 is 1.04 bits per heavy atom. The summed E-state index contributed by atoms with van der Waals surface area (Å²) in [6.45, 7) is 7.73. The Morgan fingerprint density at radius 3 is 2.18 bits per heavy atom. The van der Waals surface area contributed by atoms with Crippen LogP contribution >= 0.6 is 0 Å². The second-order valence-electron chi connectivity index (χ2n) is 6.81. The average molecular weight is 398 g/mol. The van der Waals surface area contributed by atoms with Crippen LogP contribution in [0, 0.1) is 27.7 Å². The highest BCUT2D eigenvalue weighted by atomic mass is 32.2. The van der Waals surface area contributed by atoms with Gasteiger partial charge < -0.3 is 0 Å². The molecule has 0 fully saturated rings. The molecule has 0 saturated carbocycles. The molecule has 2 aromatic carbocycles. The fourth-order valence-electron chi connectivity index (χ4n) is 3.08. The third-order valence-electron chi connectivity index (χ3n) is 4.82. The van der Waals surface area contributed by atoms with Gasteiger partial charge in [0, 0.05) is 5.56 Å². The maximum Gasteiger partial charge on any atom is 0.264 e. The van der Waals surface area contributed by atoms with Gasteiger partial charge in [-0.3, -0.25) is 4.79 Å². The predicted molar refractivity (Wildman–Crippen MR) is 106 cm³/mol. The van der Waals surface area contributed by atoms with E-state index in [9.17, 15) is 13.2 Å². The first-order valence-electron chi connectivity index (χ1n) is 8.75. The highest BCUT2D eigenvalue weighted by Gasteiger charge is 2.24. The van der Waals surface area contributed by atoms with Gasteiger partial charge in [0.2, 0.25) is 0 Å². The Balaban J connectivity index is 1.82. The number of hydrogen-bond acceptors (Lipinski definition) is 5. The highest BCUT2D eigenvalue weighted by Crippen LogP contribution is 2.26. The smallest absolute Gasteiger partial charge is 0.264 e. The van der Waals surface area contributed by atoms with E-state index in [-0.39, 0.29) is 10.5 Å². The Bertz CT molecular complexity index is 1090. The molecular formula is C20H22N4O3S. The molecule has 1 aromatic heterocycles. The summed E-state index contributed by atoms with van der Waals surface area (Å²) < 4.78 is 29.6. The maximum absolute atomic E-state index is 12.9. The Morgan fingerprint density at radius 2 is 1.64 bits per heavy atom. The molecule has 0 saturated heterocycles. The molecule has 8 heteroatoms. The molecule has 0 bridgehead atoms. The summed E-state index contributed by atoms with van der Waals surface area (Å²) in [5, 5.41) is 4.03. The van der Waals surface area contributed by atoms with Gasteiger partial charge in [-0.25, -0.2) is 22.8 Å². The average Bonchev–Trinajstić information content (AvgIpc) is 3.13. The fourth-order valence-corrected chi connectivity index (χ4v) is 4.67. The van der Waals surface area contributed by atoms with Crippen molar-refractivity contribution in [2.24, 2.45) is 0 Å². The molecule has 0 aliphatic carbocycles. The van der Waals surface area contributed by atoms with Crippen LogP contribution in [-0.4, -0.2) is 29.1 Å². The minimum absolute atomic E-state index is 0.168. The van der Waals surface area contributed by atoms with Gasteiger partial charge in [0.15, 0.2) is 0 Å². The zero-order valence-electron chi connectivity index (χ0n) is 16.2. The van der Waals surface area contributed by atoms with E-state index in [1.54, 1.807) is 49.1 Å². The van der Waals surface area contributed by atoms with Crippen LogP contribution < -0.4 is 4.72 Å². The summed E-state index contributed by atoms with van der Waals surface area (Å²) in [6.07, 6.45) is 3.05. The largest absolute Gasteiger partial charge is 0.268 e. The molecule has 146 valence electrons. The van der Waals surface area contributed by atoms with Crippen molar-refractivity contribution in [1.82, 2.24) is 19.5 Å². The van der Waals surface area contributed by atoms with E-state index in [1.165, 1.54) is 6.33 Å². The van der Waals surface area contributed by atoms with E-state index in [1.807, 2.05) is 19.9 Å². The number of nitrogens with one attached hydrogen (secondary N) is 1. The molecule has 0 aliphatic rings. The monoisotopic (exact) mass is 398 g/mol. The van der Waals surface area contributed by atoms with Gasteiger partial charge in [-0.05, 0) is 67.6 Å². The summed E-state index contributed by atoms with van der Waals surface area (Å²) in [4.78, 5) is 16.6. The minimum atomic E-state index is -3.99. The first-order chi connectivity index (χ1) is 13.2. The van der Waals surface area contributed by atoms with Crippen molar-refractivity contribution in [1.29, 1.82) is 0 Å². The number of rotatable bonds is 5. The summed E-state index contributed by atoms with van der Waals surface area (Å²) in [5.41, 5.74) is 4.22. The fraction of sp³-hybridized carbons (Fsp3) is 0.250. The standard InChI is InChI=1S/C20H22N4O3S/c1-13-9-14(2)16(4)19(15(13)3)28(26,27)23-20(25)18-7-5-17(6-8-18)10-24-12-21-11-22-24/h5-9,11-12H,10H2,1-4H3,(H,23,25). The van der Waals surface area contributed by atoms with Crippen molar-refractivity contribution in [3.63, 3.8) is 0 Å². The van der Waals surface area contributed by atoms with Crippen LogP contribution in [0.2, 0.25) is 0 Å². The van der Waals surface area contributed by atoms with Gasteiger partial charge in [0.05, 0.1) is 11.4 Å². The molecule has 0 radical (unpaired) electrons. The van der Waals surface area contributed by atoms with Gasteiger partial charge in [-0.15, -0.1) is 0 Å². The van der Waals surface area contributed by atoms with E-state index < -0.39 is 15.9 Å². The lowest BCUT2D eigenvalue weighted by molar-refractivity contribution is 0.0981. The third-order valence-corrected chi connectivity index (χ3v) is 6.42. The molecule has 0 unspecified atom stereocenters. The molecule has 0 spiro atoms.